The fraction of sp³-hybridized carbons (Fsp3) is 0.192. The van der Waals surface area contributed by atoms with Crippen molar-refractivity contribution in [1.29, 1.82) is 0 Å². The number of carbonyl (C=O) groups is 2. The second-order valence-electron chi connectivity index (χ2n) is 9.50. The molecule has 4 N–H and O–H groups in total. The van der Waals surface area contributed by atoms with Crippen molar-refractivity contribution in [2.75, 3.05) is 0 Å². The molecule has 5 rings (SSSR count). The maximum atomic E-state index is 13.7. The van der Waals surface area contributed by atoms with Crippen LogP contribution in [0.2, 0.25) is 0 Å². The lowest BCUT2D eigenvalue weighted by Gasteiger charge is -2.33. The average molecular weight is 643 g/mol. The average Bonchev–Trinajstić information content (AvgIpc) is 3.49. The van der Waals surface area contributed by atoms with Gasteiger partial charge in [0, 0.05) is 0 Å². The molecule has 0 aliphatic carbocycles. The Labute approximate surface area is 243 Å². The summed E-state index contributed by atoms with van der Waals surface area (Å²) in [5.74, 6) is -4.38. The molecule has 4 aromatic rings. The number of aromatic amines is 1. The van der Waals surface area contributed by atoms with E-state index in [1.54, 1.807) is 24.3 Å². The minimum absolute atomic E-state index is 0.113. The van der Waals surface area contributed by atoms with Crippen LogP contribution in [-0.4, -0.2) is 50.0 Å². The molecule has 1 aromatic heterocycles. The fourth-order valence-corrected chi connectivity index (χ4v) is 7.33. The lowest BCUT2D eigenvalue weighted by molar-refractivity contribution is -0.227. The Bertz CT molecular complexity index is 1750. The van der Waals surface area contributed by atoms with Crippen molar-refractivity contribution in [1.82, 2.24) is 19.2 Å². The van der Waals surface area contributed by atoms with Gasteiger partial charge in [0.2, 0.25) is 5.91 Å². The van der Waals surface area contributed by atoms with E-state index in [1.807, 2.05) is 0 Å². The highest BCUT2D eigenvalue weighted by Gasteiger charge is 2.47. The summed E-state index contributed by atoms with van der Waals surface area (Å²) in [5, 5.41) is -0.955. The summed E-state index contributed by atoms with van der Waals surface area (Å²) in [6.45, 7) is 0. The van der Waals surface area contributed by atoms with Crippen molar-refractivity contribution in [3.05, 3.63) is 95.6 Å². The van der Waals surface area contributed by atoms with E-state index in [0.29, 0.717) is 22.2 Å². The van der Waals surface area contributed by atoms with E-state index in [9.17, 15) is 44.7 Å². The number of nitrogens with one attached hydrogen (secondary N) is 2. The van der Waals surface area contributed by atoms with Gasteiger partial charge in [-0.1, -0.05) is 36.4 Å². The molecule has 17 heteroatoms. The number of aromatic nitrogens is 2. The van der Waals surface area contributed by atoms with E-state index in [2.05, 4.69) is 19.5 Å². The van der Waals surface area contributed by atoms with Crippen LogP contribution >= 0.6 is 10.8 Å². The number of para-hydroxylation sites is 2. The van der Waals surface area contributed by atoms with Gasteiger partial charge in [0.15, 0.2) is 0 Å². The Hall–Kier alpha value is -4.03. The summed E-state index contributed by atoms with van der Waals surface area (Å²) in [7, 11) is -8.54. The highest BCUT2D eigenvalue weighted by atomic mass is 32.3. The monoisotopic (exact) mass is 642 g/mol. The van der Waals surface area contributed by atoms with E-state index in [0.717, 1.165) is 24.3 Å². The molecule has 2 heterocycles. The van der Waals surface area contributed by atoms with Crippen molar-refractivity contribution in [3.63, 3.8) is 0 Å². The molecule has 228 valence electrons. The Balaban J connectivity index is 1.59. The number of H-pyrrole nitrogens is 1. The number of alkyl halides is 3. The van der Waals surface area contributed by atoms with E-state index >= 15 is 0 Å². The Morgan fingerprint density at radius 1 is 1.07 bits per heavy atom. The zero-order valence-electron chi connectivity index (χ0n) is 21.7. The molecule has 1 unspecified atom stereocenters. The van der Waals surface area contributed by atoms with E-state index in [-0.39, 0.29) is 16.7 Å². The van der Waals surface area contributed by atoms with E-state index in [4.69, 9.17) is 0 Å². The van der Waals surface area contributed by atoms with Crippen LogP contribution in [0.25, 0.3) is 11.0 Å². The predicted molar refractivity (Wildman–Crippen MR) is 145 cm³/mol. The van der Waals surface area contributed by atoms with Crippen LogP contribution in [0, 0.1) is 5.82 Å². The van der Waals surface area contributed by atoms with Crippen LogP contribution in [0.4, 0.5) is 17.6 Å². The van der Waals surface area contributed by atoms with Gasteiger partial charge in [-0.25, -0.2) is 22.6 Å². The summed E-state index contributed by atoms with van der Waals surface area (Å²) in [6, 6.07) is 13.7. The molecule has 3 aromatic carbocycles. The summed E-state index contributed by atoms with van der Waals surface area (Å²) >= 11 is 0. The lowest BCUT2D eigenvalue weighted by atomic mass is 10.0. The second-order valence-corrected chi connectivity index (χ2v) is 13.2. The van der Waals surface area contributed by atoms with Crippen molar-refractivity contribution in [2.24, 2.45) is 0 Å². The molecule has 1 aliphatic rings. The molecule has 1 amide bonds. The van der Waals surface area contributed by atoms with Crippen LogP contribution in [0.3, 0.4) is 0 Å². The first-order valence-electron chi connectivity index (χ1n) is 12.4. The minimum Gasteiger partial charge on any atom is -0.344 e. The summed E-state index contributed by atoms with van der Waals surface area (Å²) in [4.78, 5) is 34.8. The second kappa shape index (κ2) is 11.2. The normalized spacial score (nSPS) is 18.4. The molecule has 1 aliphatic heterocycles. The predicted octanol–water partition coefficient (Wildman–Crippen LogP) is 4.92. The first kappa shape index (κ1) is 30.4. The van der Waals surface area contributed by atoms with Crippen molar-refractivity contribution in [2.45, 2.75) is 35.2 Å². The third kappa shape index (κ3) is 6.35. The van der Waals surface area contributed by atoms with Crippen LogP contribution in [0.5, 0.6) is 0 Å². The number of hydrogen-bond acceptors (Lipinski definition) is 8. The van der Waals surface area contributed by atoms with Gasteiger partial charge in [0.1, 0.15) is 22.9 Å². The summed E-state index contributed by atoms with van der Waals surface area (Å²) in [6.07, 6.45) is -6.17. The topological polar surface area (TPSA) is 162 Å². The number of hydroxylamine groups is 1. The van der Waals surface area contributed by atoms with Crippen LogP contribution < -0.4 is 4.72 Å². The molecule has 0 saturated carbocycles. The molecule has 0 spiro atoms. The summed E-state index contributed by atoms with van der Waals surface area (Å²) < 4.78 is 103. The Morgan fingerprint density at radius 3 is 2.30 bits per heavy atom. The van der Waals surface area contributed by atoms with Crippen molar-refractivity contribution in [3.8, 4) is 0 Å². The number of hydrogen-bond donors (Lipinski definition) is 4. The third-order valence-electron chi connectivity index (χ3n) is 6.54. The standard InChI is InChI=1S/C26H22F4N4O7S2/c27-17-9-11-18(12-10-17)43(39,40)34(41-25(36)26(28,29)30)21(24-31-19-3-1-2-4-20(19)32-24)13-15-5-7-16(8-6-15)22-14-23(35)33-42(22,37)38/h1-12,21-22,37-38H,13-14H2,(H,31,32)(H,33,35)/t21-,22?/m0/s1. The zero-order chi connectivity index (χ0) is 31.2. The molecule has 2 atom stereocenters. The highest BCUT2D eigenvalue weighted by molar-refractivity contribution is 8.23. The van der Waals surface area contributed by atoms with Gasteiger partial charge in [-0.2, -0.15) is 13.2 Å². The highest BCUT2D eigenvalue weighted by Crippen LogP contribution is 2.56. The number of carbonyl (C=O) groups excluding carboxylic acids is 2. The summed E-state index contributed by atoms with van der Waals surface area (Å²) in [5.41, 5.74) is 1.41. The number of rotatable bonds is 8. The van der Waals surface area contributed by atoms with Gasteiger partial charge in [-0.05, 0) is 58.4 Å². The molecule has 1 fully saturated rings. The van der Waals surface area contributed by atoms with Gasteiger partial charge in [0.25, 0.3) is 10.0 Å². The van der Waals surface area contributed by atoms with Gasteiger partial charge < -0.3 is 9.82 Å². The van der Waals surface area contributed by atoms with Gasteiger partial charge >= 0.3 is 12.1 Å². The first-order chi connectivity index (χ1) is 20.1. The van der Waals surface area contributed by atoms with Crippen molar-refractivity contribution < 1.29 is 49.5 Å². The Kier molecular flexibility index (Phi) is 7.95. The first-order valence-corrected chi connectivity index (χ1v) is 15.4. The number of halogens is 4. The molecular formula is C26H22F4N4O7S2. The quantitative estimate of drug-likeness (QED) is 0.156. The lowest BCUT2D eigenvalue weighted by Crippen LogP contribution is -2.42. The molecule has 43 heavy (non-hydrogen) atoms. The maximum Gasteiger partial charge on any atom is 0.492 e. The molecule has 0 bridgehead atoms. The number of fused-ring (bicyclic) bond motifs is 1. The largest absolute Gasteiger partial charge is 0.492 e. The van der Waals surface area contributed by atoms with Gasteiger partial charge in [0.05, 0.1) is 22.3 Å². The van der Waals surface area contributed by atoms with Crippen LogP contribution in [0.15, 0.2) is 77.7 Å². The molecule has 11 nitrogen and oxygen atoms in total. The smallest absolute Gasteiger partial charge is 0.344 e. The molecular weight excluding hydrogens is 620 g/mol. The van der Waals surface area contributed by atoms with E-state index in [1.165, 1.54) is 24.3 Å². The molecule has 1 saturated heterocycles. The molecule has 0 radical (unpaired) electrons. The fourth-order valence-electron chi connectivity index (χ4n) is 4.49. The van der Waals surface area contributed by atoms with Gasteiger partial charge in [-0.15, -0.1) is 10.8 Å². The SMILES string of the molecule is O=C1CC(c2ccc(C[C@@H](c3nc4ccccc4[nH]3)N(OC(=O)C(F)(F)F)S(=O)(=O)c3ccc(F)cc3)cc2)S(O)(O)N1. The van der Waals surface area contributed by atoms with Crippen LogP contribution in [0.1, 0.15) is 34.7 Å². The number of imidazole rings is 1. The number of benzene rings is 3. The van der Waals surface area contributed by atoms with Gasteiger partial charge in [-0.3, -0.25) is 18.6 Å². The number of amides is 1. The number of sulfonamides is 1. The zero-order valence-corrected chi connectivity index (χ0v) is 23.3. The number of nitrogens with zero attached hydrogens (tertiary/aromatic N) is 2. The van der Waals surface area contributed by atoms with E-state index < -0.39 is 67.3 Å². The Morgan fingerprint density at radius 2 is 1.72 bits per heavy atom. The van der Waals surface area contributed by atoms with Crippen molar-refractivity contribution >= 4 is 43.7 Å². The minimum atomic E-state index is -5.58. The van der Waals surface area contributed by atoms with Crippen LogP contribution in [-0.2, 0) is 30.9 Å². The third-order valence-corrected chi connectivity index (χ3v) is 9.97. The maximum absolute atomic E-state index is 13.7.